The molecule has 10 aromatic carbocycles. The van der Waals surface area contributed by atoms with Crippen molar-refractivity contribution >= 4 is 21.5 Å². The van der Waals surface area contributed by atoms with Crippen LogP contribution in [0.1, 0.15) is 22.3 Å². The molecule has 0 fully saturated rings. The van der Waals surface area contributed by atoms with Crippen molar-refractivity contribution in [2.75, 3.05) is 0 Å². The van der Waals surface area contributed by atoms with E-state index in [0.29, 0.717) is 5.82 Å². The molecule has 0 saturated carbocycles. The van der Waals surface area contributed by atoms with Gasteiger partial charge in [0.15, 0.2) is 5.82 Å². The fourth-order valence-corrected chi connectivity index (χ4v) is 10.2. The largest absolute Gasteiger partial charge is 0.228 e. The maximum absolute atomic E-state index is 5.33. The summed E-state index contributed by atoms with van der Waals surface area (Å²) in [6.07, 6.45) is 0. The monoisotopic (exact) mass is 800 g/mol. The summed E-state index contributed by atoms with van der Waals surface area (Å²) >= 11 is 0. The molecule has 0 saturated heterocycles. The molecular weight excluding hydrogens is 761 g/mol. The first-order chi connectivity index (χ1) is 31.2. The second-order valence-corrected chi connectivity index (χ2v) is 16.4. The van der Waals surface area contributed by atoms with Gasteiger partial charge in [0.1, 0.15) is 0 Å². The van der Waals surface area contributed by atoms with E-state index in [0.717, 1.165) is 39.0 Å². The van der Waals surface area contributed by atoms with Crippen LogP contribution in [0.2, 0.25) is 0 Å². The van der Waals surface area contributed by atoms with Gasteiger partial charge in [-0.2, -0.15) is 0 Å². The van der Waals surface area contributed by atoms with Gasteiger partial charge in [-0.25, -0.2) is 9.97 Å². The Morgan fingerprint density at radius 2 is 0.825 bits per heavy atom. The first-order valence-corrected chi connectivity index (χ1v) is 21.6. The summed E-state index contributed by atoms with van der Waals surface area (Å²) in [5, 5.41) is 4.78. The molecule has 294 valence electrons. The first-order valence-electron chi connectivity index (χ1n) is 21.6. The fraction of sp³-hybridized carbons (Fsp3) is 0.0164. The van der Waals surface area contributed by atoms with Gasteiger partial charge in [-0.15, -0.1) is 0 Å². The highest BCUT2D eigenvalue weighted by Gasteiger charge is 2.46. The molecular formula is C61H40N2. The van der Waals surface area contributed by atoms with E-state index in [2.05, 4.69) is 237 Å². The van der Waals surface area contributed by atoms with Crippen molar-refractivity contribution in [1.29, 1.82) is 0 Å². The van der Waals surface area contributed by atoms with E-state index in [1.165, 1.54) is 66.2 Å². The van der Waals surface area contributed by atoms with Crippen molar-refractivity contribution in [2.45, 2.75) is 5.41 Å². The summed E-state index contributed by atoms with van der Waals surface area (Å²) in [5.74, 6) is 0.697. The fourth-order valence-electron chi connectivity index (χ4n) is 10.2. The van der Waals surface area contributed by atoms with E-state index in [1.807, 2.05) is 6.07 Å². The minimum atomic E-state index is -0.475. The van der Waals surface area contributed by atoms with Crippen LogP contribution in [0.3, 0.4) is 0 Å². The lowest BCUT2D eigenvalue weighted by Gasteiger charge is -2.34. The van der Waals surface area contributed by atoms with Crippen LogP contribution in [-0.2, 0) is 5.41 Å². The zero-order chi connectivity index (χ0) is 41.7. The van der Waals surface area contributed by atoms with Crippen molar-refractivity contribution in [1.82, 2.24) is 9.97 Å². The maximum Gasteiger partial charge on any atom is 0.160 e. The van der Waals surface area contributed by atoms with Gasteiger partial charge in [0.05, 0.1) is 16.8 Å². The molecule has 0 N–H and O–H groups in total. The van der Waals surface area contributed by atoms with Gasteiger partial charge in [-0.1, -0.05) is 224 Å². The Hall–Kier alpha value is -8.20. The van der Waals surface area contributed by atoms with E-state index in [9.17, 15) is 0 Å². The van der Waals surface area contributed by atoms with Crippen molar-refractivity contribution in [2.24, 2.45) is 0 Å². The number of aromatic nitrogens is 2. The summed E-state index contributed by atoms with van der Waals surface area (Å²) in [6, 6.07) is 87.8. The van der Waals surface area contributed by atoms with Gasteiger partial charge in [0.25, 0.3) is 0 Å². The summed E-state index contributed by atoms with van der Waals surface area (Å²) in [7, 11) is 0. The first kappa shape index (κ1) is 36.6. The third-order valence-electron chi connectivity index (χ3n) is 13.0. The number of benzene rings is 10. The van der Waals surface area contributed by atoms with Crippen molar-refractivity contribution in [3.05, 3.63) is 265 Å². The van der Waals surface area contributed by atoms with Crippen LogP contribution in [-0.4, -0.2) is 9.97 Å². The standard InChI is InChI=1S/C61H40N2/c1-4-19-42(20-5-1)60-62-57(46-23-16-22-44(39-46)45-35-34-41-18-10-11-21-43(41)38-45)40-58(63-60)52-37-36-51(49-28-12-13-29-50(49)52)53-31-17-33-56-59(53)54-30-14-15-32-55(54)61(56,47-24-6-2-7-25-47)48-26-8-3-9-27-48/h1-40H. The summed E-state index contributed by atoms with van der Waals surface area (Å²) in [6.45, 7) is 0. The predicted molar refractivity (Wildman–Crippen MR) is 262 cm³/mol. The minimum Gasteiger partial charge on any atom is -0.228 e. The molecule has 0 spiro atoms. The van der Waals surface area contributed by atoms with Gasteiger partial charge in [0, 0.05) is 16.7 Å². The lowest BCUT2D eigenvalue weighted by Crippen LogP contribution is -2.28. The van der Waals surface area contributed by atoms with Gasteiger partial charge in [-0.3, -0.25) is 0 Å². The highest BCUT2D eigenvalue weighted by atomic mass is 14.9. The Labute approximate surface area is 367 Å². The Morgan fingerprint density at radius 3 is 1.60 bits per heavy atom. The van der Waals surface area contributed by atoms with Crippen LogP contribution >= 0.6 is 0 Å². The number of fused-ring (bicyclic) bond motifs is 5. The second-order valence-electron chi connectivity index (χ2n) is 16.4. The van der Waals surface area contributed by atoms with Crippen LogP contribution in [0, 0.1) is 0 Å². The van der Waals surface area contributed by atoms with Crippen LogP contribution in [0.15, 0.2) is 243 Å². The lowest BCUT2D eigenvalue weighted by atomic mass is 9.67. The lowest BCUT2D eigenvalue weighted by molar-refractivity contribution is 0.768. The molecule has 0 atom stereocenters. The van der Waals surface area contributed by atoms with E-state index >= 15 is 0 Å². The topological polar surface area (TPSA) is 25.8 Å². The molecule has 2 heteroatoms. The second kappa shape index (κ2) is 15.1. The van der Waals surface area contributed by atoms with Crippen LogP contribution in [0.4, 0.5) is 0 Å². The molecule has 11 aromatic rings. The minimum absolute atomic E-state index is 0.475. The molecule has 63 heavy (non-hydrogen) atoms. The molecule has 0 radical (unpaired) electrons. The molecule has 0 unspecified atom stereocenters. The Kier molecular flexibility index (Phi) is 8.76. The number of hydrogen-bond acceptors (Lipinski definition) is 2. The van der Waals surface area contributed by atoms with E-state index in [-0.39, 0.29) is 0 Å². The van der Waals surface area contributed by atoms with Gasteiger partial charge in [0.2, 0.25) is 0 Å². The summed E-state index contributed by atoms with van der Waals surface area (Å²) < 4.78 is 0. The maximum atomic E-state index is 5.33. The van der Waals surface area contributed by atoms with Gasteiger partial charge in [-0.05, 0) is 95.4 Å². The molecule has 1 heterocycles. The molecule has 12 rings (SSSR count). The highest BCUT2D eigenvalue weighted by Crippen LogP contribution is 2.58. The van der Waals surface area contributed by atoms with Gasteiger partial charge >= 0.3 is 0 Å². The van der Waals surface area contributed by atoms with Crippen molar-refractivity contribution < 1.29 is 0 Å². The van der Waals surface area contributed by atoms with Crippen LogP contribution in [0.5, 0.6) is 0 Å². The Morgan fingerprint density at radius 1 is 0.286 bits per heavy atom. The third-order valence-corrected chi connectivity index (χ3v) is 13.0. The zero-order valence-electron chi connectivity index (χ0n) is 34.5. The molecule has 0 bridgehead atoms. The molecule has 1 aliphatic rings. The average Bonchev–Trinajstić information content (AvgIpc) is 3.68. The molecule has 0 aliphatic heterocycles. The zero-order valence-corrected chi connectivity index (χ0v) is 34.5. The molecule has 1 aliphatic carbocycles. The number of hydrogen-bond donors (Lipinski definition) is 0. The molecule has 2 nitrogen and oxygen atoms in total. The number of rotatable bonds is 7. The smallest absolute Gasteiger partial charge is 0.160 e. The molecule has 0 amide bonds. The normalized spacial score (nSPS) is 12.6. The van der Waals surface area contributed by atoms with Crippen molar-refractivity contribution in [3.63, 3.8) is 0 Å². The summed E-state index contributed by atoms with van der Waals surface area (Å²) in [4.78, 5) is 10.6. The SMILES string of the molecule is c1ccc(-c2nc(-c3cccc(-c4ccc5ccccc5c4)c3)cc(-c3ccc(-c4cccc5c4-c4ccccc4C5(c4ccccc4)c4ccccc4)c4ccccc34)n2)cc1. The predicted octanol–water partition coefficient (Wildman–Crippen LogP) is 15.5. The third kappa shape index (κ3) is 6.02. The van der Waals surface area contributed by atoms with E-state index in [1.54, 1.807) is 0 Å². The van der Waals surface area contributed by atoms with E-state index < -0.39 is 5.41 Å². The van der Waals surface area contributed by atoms with Crippen LogP contribution in [0.25, 0.3) is 88.8 Å². The summed E-state index contributed by atoms with van der Waals surface area (Å²) in [5.41, 5.74) is 16.8. The number of nitrogens with zero attached hydrogens (tertiary/aromatic N) is 2. The highest BCUT2D eigenvalue weighted by molar-refractivity contribution is 6.08. The Bertz CT molecular complexity index is 3460. The van der Waals surface area contributed by atoms with Crippen molar-refractivity contribution in [3.8, 4) is 67.3 Å². The van der Waals surface area contributed by atoms with E-state index in [4.69, 9.17) is 9.97 Å². The Balaban J connectivity index is 1.04. The molecule has 1 aromatic heterocycles. The van der Waals surface area contributed by atoms with Gasteiger partial charge < -0.3 is 0 Å². The van der Waals surface area contributed by atoms with Crippen LogP contribution < -0.4 is 0 Å². The quantitative estimate of drug-likeness (QED) is 0.160. The average molecular weight is 801 g/mol.